The molecule has 0 aromatic carbocycles. The van der Waals surface area contributed by atoms with Crippen LogP contribution in [0.4, 0.5) is 10.5 Å². The first kappa shape index (κ1) is 16.6. The first-order valence-electron chi connectivity index (χ1n) is 6.61. The molecule has 6 heteroatoms. The van der Waals surface area contributed by atoms with E-state index in [0.717, 1.165) is 17.7 Å². The van der Waals surface area contributed by atoms with Crippen molar-refractivity contribution in [3.63, 3.8) is 0 Å². The quantitative estimate of drug-likeness (QED) is 0.646. The minimum absolute atomic E-state index is 0.395. The minimum Gasteiger partial charge on any atom is -0.444 e. The van der Waals surface area contributed by atoms with Crippen LogP contribution in [0.25, 0.3) is 0 Å². The number of nitrogens with zero attached hydrogens (tertiary/aromatic N) is 1. The number of halogens is 1. The lowest BCUT2D eigenvalue weighted by Crippen LogP contribution is -2.33. The van der Waals surface area contributed by atoms with Crippen LogP contribution in [0.1, 0.15) is 32.8 Å². The molecule has 5 nitrogen and oxygen atoms in total. The van der Waals surface area contributed by atoms with Gasteiger partial charge in [-0.25, -0.2) is 9.78 Å². The Morgan fingerprint density at radius 3 is 2.70 bits per heavy atom. The van der Waals surface area contributed by atoms with Gasteiger partial charge in [0.2, 0.25) is 0 Å². The molecular weight excluding hydrogens is 278 g/mol. The third-order valence-corrected chi connectivity index (χ3v) is 2.72. The second kappa shape index (κ2) is 7.33. The highest BCUT2D eigenvalue weighted by Crippen LogP contribution is 2.22. The number of aromatic nitrogens is 1. The Balaban J connectivity index is 2.24. The van der Waals surface area contributed by atoms with E-state index >= 15 is 0 Å². The van der Waals surface area contributed by atoms with E-state index in [9.17, 15) is 4.79 Å². The van der Waals surface area contributed by atoms with Crippen molar-refractivity contribution in [3.8, 4) is 0 Å². The molecule has 0 bridgehead atoms. The number of hydrogen-bond donors (Lipinski definition) is 2. The molecule has 1 rings (SSSR count). The van der Waals surface area contributed by atoms with Crippen LogP contribution in [0.2, 0.25) is 5.15 Å². The van der Waals surface area contributed by atoms with E-state index in [1.165, 1.54) is 0 Å². The summed E-state index contributed by atoms with van der Waals surface area (Å²) in [7, 11) is 0. The molecule has 0 saturated carbocycles. The predicted molar refractivity (Wildman–Crippen MR) is 81.3 cm³/mol. The zero-order valence-corrected chi connectivity index (χ0v) is 13.2. The number of aryl methyl sites for hydroxylation is 1. The number of nitrogens with one attached hydrogen (secondary N) is 2. The highest BCUT2D eigenvalue weighted by molar-refractivity contribution is 6.32. The van der Waals surface area contributed by atoms with Crippen molar-refractivity contribution in [2.75, 3.05) is 18.4 Å². The molecule has 1 amide bonds. The van der Waals surface area contributed by atoms with Gasteiger partial charge in [-0.2, -0.15) is 0 Å². The van der Waals surface area contributed by atoms with Crippen LogP contribution in [-0.4, -0.2) is 29.8 Å². The zero-order valence-electron chi connectivity index (χ0n) is 12.4. The van der Waals surface area contributed by atoms with Crippen LogP contribution < -0.4 is 10.6 Å². The van der Waals surface area contributed by atoms with Gasteiger partial charge in [-0.05, 0) is 45.7 Å². The smallest absolute Gasteiger partial charge is 0.407 e. The average Bonchev–Trinajstić information content (AvgIpc) is 2.29. The first-order valence-corrected chi connectivity index (χ1v) is 6.99. The minimum atomic E-state index is -0.470. The molecule has 0 aliphatic carbocycles. The van der Waals surface area contributed by atoms with Gasteiger partial charge in [0.15, 0.2) is 5.15 Å². The lowest BCUT2D eigenvalue weighted by molar-refractivity contribution is 0.0528. The van der Waals surface area contributed by atoms with E-state index in [1.807, 2.05) is 33.8 Å². The van der Waals surface area contributed by atoms with Gasteiger partial charge < -0.3 is 15.4 Å². The van der Waals surface area contributed by atoms with Crippen LogP contribution in [0.15, 0.2) is 12.3 Å². The first-order chi connectivity index (χ1) is 9.29. The molecule has 2 N–H and O–H groups in total. The topological polar surface area (TPSA) is 63.2 Å². The van der Waals surface area contributed by atoms with Crippen molar-refractivity contribution < 1.29 is 9.53 Å². The van der Waals surface area contributed by atoms with Crippen LogP contribution in [0.3, 0.4) is 0 Å². The molecule has 1 heterocycles. The maximum Gasteiger partial charge on any atom is 0.407 e. The Morgan fingerprint density at radius 2 is 2.10 bits per heavy atom. The number of alkyl carbamates (subject to hydrolysis) is 1. The fourth-order valence-corrected chi connectivity index (χ4v) is 1.82. The molecule has 0 aliphatic rings. The van der Waals surface area contributed by atoms with Gasteiger partial charge in [0.1, 0.15) is 5.60 Å². The number of carbonyl (C=O) groups is 1. The van der Waals surface area contributed by atoms with E-state index in [0.29, 0.717) is 18.2 Å². The van der Waals surface area contributed by atoms with Crippen molar-refractivity contribution in [2.45, 2.75) is 39.7 Å². The third kappa shape index (κ3) is 6.10. The van der Waals surface area contributed by atoms with Crippen molar-refractivity contribution in [1.82, 2.24) is 10.3 Å². The highest BCUT2D eigenvalue weighted by atomic mass is 35.5. The summed E-state index contributed by atoms with van der Waals surface area (Å²) in [5, 5.41) is 6.38. The number of hydrogen-bond acceptors (Lipinski definition) is 4. The summed E-state index contributed by atoms with van der Waals surface area (Å²) in [4.78, 5) is 15.4. The molecule has 0 atom stereocenters. The maximum atomic E-state index is 11.4. The lowest BCUT2D eigenvalue weighted by Gasteiger charge is -2.19. The fraction of sp³-hybridized carbons (Fsp3) is 0.571. The van der Waals surface area contributed by atoms with E-state index in [1.54, 1.807) is 6.20 Å². The SMILES string of the molecule is Cc1ccnc(Cl)c1NCCCNC(=O)OC(C)(C)C. The summed E-state index contributed by atoms with van der Waals surface area (Å²) in [6, 6.07) is 1.90. The number of rotatable bonds is 5. The van der Waals surface area contributed by atoms with E-state index in [-0.39, 0.29) is 0 Å². The summed E-state index contributed by atoms with van der Waals surface area (Å²) in [6.07, 6.45) is 2.05. The number of ether oxygens (including phenoxy) is 1. The maximum absolute atomic E-state index is 11.4. The predicted octanol–water partition coefficient (Wildman–Crippen LogP) is 3.37. The van der Waals surface area contributed by atoms with E-state index in [2.05, 4.69) is 15.6 Å². The third-order valence-electron chi connectivity index (χ3n) is 2.44. The number of pyridine rings is 1. The second-order valence-corrected chi connectivity index (χ2v) is 5.86. The summed E-state index contributed by atoms with van der Waals surface area (Å²) in [5.74, 6) is 0. The van der Waals surface area contributed by atoms with Gasteiger partial charge in [-0.15, -0.1) is 0 Å². The summed E-state index contributed by atoms with van der Waals surface area (Å²) >= 11 is 6.00. The highest BCUT2D eigenvalue weighted by Gasteiger charge is 2.15. The Labute approximate surface area is 125 Å². The standard InChI is InChI=1S/C14H22ClN3O2/c1-10-6-9-17-12(15)11(10)16-7-5-8-18-13(19)20-14(2,3)4/h6,9,16H,5,7-8H2,1-4H3,(H,18,19). The van der Waals surface area contributed by atoms with Crippen LogP contribution in [-0.2, 0) is 4.74 Å². The second-order valence-electron chi connectivity index (χ2n) is 5.50. The fourth-order valence-electron chi connectivity index (χ4n) is 1.54. The molecule has 0 unspecified atom stereocenters. The Bertz CT molecular complexity index is 438. The van der Waals surface area contributed by atoms with Gasteiger partial charge >= 0.3 is 6.09 Å². The van der Waals surface area contributed by atoms with E-state index in [4.69, 9.17) is 16.3 Å². The Hall–Kier alpha value is -1.49. The summed E-state index contributed by atoms with van der Waals surface area (Å²) in [5.41, 5.74) is 1.42. The van der Waals surface area contributed by atoms with Gasteiger partial charge in [0, 0.05) is 19.3 Å². The monoisotopic (exact) mass is 299 g/mol. The van der Waals surface area contributed by atoms with Gasteiger partial charge in [0.25, 0.3) is 0 Å². The van der Waals surface area contributed by atoms with Crippen molar-refractivity contribution in [1.29, 1.82) is 0 Å². The van der Waals surface area contributed by atoms with Gasteiger partial charge in [0.05, 0.1) is 5.69 Å². The molecule has 1 aromatic rings. The molecule has 0 radical (unpaired) electrons. The Morgan fingerprint density at radius 1 is 1.40 bits per heavy atom. The van der Waals surface area contributed by atoms with E-state index < -0.39 is 11.7 Å². The van der Waals surface area contributed by atoms with Crippen LogP contribution in [0.5, 0.6) is 0 Å². The van der Waals surface area contributed by atoms with Crippen LogP contribution >= 0.6 is 11.6 Å². The summed E-state index contributed by atoms with van der Waals surface area (Å²) in [6.45, 7) is 8.71. The van der Waals surface area contributed by atoms with Crippen LogP contribution in [0, 0.1) is 6.92 Å². The molecular formula is C14H22ClN3O2. The molecule has 0 saturated heterocycles. The molecule has 0 spiro atoms. The van der Waals surface area contributed by atoms with Gasteiger partial charge in [-0.3, -0.25) is 0 Å². The normalized spacial score (nSPS) is 11.1. The van der Waals surface area contributed by atoms with Crippen molar-refractivity contribution >= 4 is 23.4 Å². The lowest BCUT2D eigenvalue weighted by atomic mass is 10.2. The zero-order chi connectivity index (χ0) is 15.2. The van der Waals surface area contributed by atoms with Gasteiger partial charge in [-0.1, -0.05) is 11.6 Å². The summed E-state index contributed by atoms with van der Waals surface area (Å²) < 4.78 is 5.14. The molecule has 20 heavy (non-hydrogen) atoms. The van der Waals surface area contributed by atoms with Crippen molar-refractivity contribution in [2.24, 2.45) is 0 Å². The molecule has 0 fully saturated rings. The molecule has 1 aromatic heterocycles. The Kier molecular flexibility index (Phi) is 6.07. The molecule has 112 valence electrons. The van der Waals surface area contributed by atoms with Crippen molar-refractivity contribution in [3.05, 3.63) is 23.0 Å². The largest absolute Gasteiger partial charge is 0.444 e. The molecule has 0 aliphatic heterocycles. The number of carbonyl (C=O) groups excluding carboxylic acids is 1. The average molecular weight is 300 g/mol. The number of anilines is 1. The number of amides is 1.